The molecule has 1 aliphatic heterocycles. The van der Waals surface area contributed by atoms with E-state index in [9.17, 15) is 8.42 Å². The molecular formula is C16H19BrN2O3S. The highest BCUT2D eigenvalue weighted by Crippen LogP contribution is 2.29. The lowest BCUT2D eigenvalue weighted by Crippen LogP contribution is -2.41. The van der Waals surface area contributed by atoms with Crippen molar-refractivity contribution in [3.8, 4) is 0 Å². The number of halogens is 1. The van der Waals surface area contributed by atoms with Crippen molar-refractivity contribution in [3.05, 3.63) is 40.9 Å². The summed E-state index contributed by atoms with van der Waals surface area (Å²) in [5.41, 5.74) is 0. The molecular weight excluding hydrogens is 380 g/mol. The van der Waals surface area contributed by atoms with E-state index < -0.39 is 10.0 Å². The van der Waals surface area contributed by atoms with Crippen molar-refractivity contribution in [2.24, 2.45) is 0 Å². The van der Waals surface area contributed by atoms with Crippen LogP contribution in [0.3, 0.4) is 0 Å². The number of hydrogen-bond donors (Lipinski definition) is 1. The second kappa shape index (κ2) is 7.27. The van der Waals surface area contributed by atoms with Gasteiger partial charge in [0.1, 0.15) is 0 Å². The average molecular weight is 399 g/mol. The number of morpholine rings is 1. The first-order valence-corrected chi connectivity index (χ1v) is 9.82. The molecule has 1 saturated heterocycles. The van der Waals surface area contributed by atoms with Gasteiger partial charge in [-0.05, 0) is 17.5 Å². The van der Waals surface area contributed by atoms with Crippen molar-refractivity contribution in [2.75, 3.05) is 39.4 Å². The number of ether oxygens (including phenoxy) is 1. The van der Waals surface area contributed by atoms with Gasteiger partial charge in [0, 0.05) is 36.0 Å². The molecule has 0 unspecified atom stereocenters. The van der Waals surface area contributed by atoms with Gasteiger partial charge in [-0.15, -0.1) is 0 Å². The maximum absolute atomic E-state index is 12.6. The molecule has 0 radical (unpaired) electrons. The Morgan fingerprint density at radius 1 is 1.09 bits per heavy atom. The molecule has 0 aliphatic carbocycles. The van der Waals surface area contributed by atoms with Crippen LogP contribution in [0.4, 0.5) is 0 Å². The highest BCUT2D eigenvalue weighted by molar-refractivity contribution is 9.10. The third-order valence-electron chi connectivity index (χ3n) is 3.94. The molecule has 0 saturated carbocycles. The van der Waals surface area contributed by atoms with Crippen molar-refractivity contribution >= 4 is 36.7 Å². The Kier molecular flexibility index (Phi) is 5.33. The summed E-state index contributed by atoms with van der Waals surface area (Å²) in [7, 11) is -3.53. The lowest BCUT2D eigenvalue weighted by atomic mass is 10.1. The van der Waals surface area contributed by atoms with Crippen LogP contribution < -0.4 is 4.72 Å². The minimum atomic E-state index is -3.53. The van der Waals surface area contributed by atoms with Crippen molar-refractivity contribution in [1.82, 2.24) is 9.62 Å². The number of benzene rings is 2. The third-order valence-corrected chi connectivity index (χ3v) is 6.15. The van der Waals surface area contributed by atoms with Gasteiger partial charge in [-0.2, -0.15) is 0 Å². The molecule has 0 atom stereocenters. The maximum atomic E-state index is 12.6. The molecule has 7 heteroatoms. The van der Waals surface area contributed by atoms with Crippen LogP contribution in [0.2, 0.25) is 0 Å². The van der Waals surface area contributed by atoms with Crippen LogP contribution in [0.1, 0.15) is 0 Å². The Hall–Kier alpha value is -0.990. The predicted molar refractivity (Wildman–Crippen MR) is 94.1 cm³/mol. The van der Waals surface area contributed by atoms with Gasteiger partial charge in [-0.1, -0.05) is 40.2 Å². The van der Waals surface area contributed by atoms with E-state index in [1.807, 2.05) is 24.3 Å². The number of nitrogens with zero attached hydrogens (tertiary/aromatic N) is 1. The first-order valence-electron chi connectivity index (χ1n) is 7.55. The molecule has 23 heavy (non-hydrogen) atoms. The van der Waals surface area contributed by atoms with E-state index in [0.717, 1.165) is 28.3 Å². The van der Waals surface area contributed by atoms with Gasteiger partial charge in [0.15, 0.2) is 0 Å². The Morgan fingerprint density at radius 2 is 1.78 bits per heavy atom. The van der Waals surface area contributed by atoms with Crippen LogP contribution in [-0.2, 0) is 14.8 Å². The van der Waals surface area contributed by atoms with Crippen LogP contribution in [0, 0.1) is 0 Å². The number of sulfonamides is 1. The molecule has 0 aromatic heterocycles. The summed E-state index contributed by atoms with van der Waals surface area (Å²) in [5, 5.41) is 1.62. The van der Waals surface area contributed by atoms with E-state index >= 15 is 0 Å². The highest BCUT2D eigenvalue weighted by atomic mass is 79.9. The van der Waals surface area contributed by atoms with Gasteiger partial charge >= 0.3 is 0 Å². The summed E-state index contributed by atoms with van der Waals surface area (Å²) in [4.78, 5) is 2.52. The van der Waals surface area contributed by atoms with Gasteiger partial charge < -0.3 is 4.74 Å². The zero-order chi connectivity index (χ0) is 16.3. The molecule has 2 aromatic rings. The van der Waals surface area contributed by atoms with E-state index in [1.165, 1.54) is 0 Å². The summed E-state index contributed by atoms with van der Waals surface area (Å²) >= 11 is 3.47. The molecule has 3 rings (SSSR count). The molecule has 0 amide bonds. The largest absolute Gasteiger partial charge is 0.379 e. The number of nitrogens with one attached hydrogen (secondary N) is 1. The van der Waals surface area contributed by atoms with Gasteiger partial charge in [0.2, 0.25) is 10.0 Å². The topological polar surface area (TPSA) is 58.6 Å². The van der Waals surface area contributed by atoms with Crippen LogP contribution in [0.15, 0.2) is 45.8 Å². The van der Waals surface area contributed by atoms with Crippen molar-refractivity contribution in [1.29, 1.82) is 0 Å². The molecule has 2 aromatic carbocycles. The summed E-state index contributed by atoms with van der Waals surface area (Å²) < 4.78 is 34.1. The maximum Gasteiger partial charge on any atom is 0.241 e. The molecule has 5 nitrogen and oxygen atoms in total. The minimum absolute atomic E-state index is 0.318. The smallest absolute Gasteiger partial charge is 0.241 e. The van der Waals surface area contributed by atoms with Crippen LogP contribution >= 0.6 is 15.9 Å². The zero-order valence-electron chi connectivity index (χ0n) is 12.7. The van der Waals surface area contributed by atoms with Crippen molar-refractivity contribution < 1.29 is 13.2 Å². The second-order valence-electron chi connectivity index (χ2n) is 5.44. The lowest BCUT2D eigenvalue weighted by Gasteiger charge is -2.26. The molecule has 1 aliphatic rings. The van der Waals surface area contributed by atoms with E-state index in [-0.39, 0.29) is 0 Å². The molecule has 0 bridgehead atoms. The normalized spacial score (nSPS) is 16.7. The highest BCUT2D eigenvalue weighted by Gasteiger charge is 2.18. The van der Waals surface area contributed by atoms with Crippen LogP contribution in [0.5, 0.6) is 0 Å². The fourth-order valence-electron chi connectivity index (χ4n) is 2.71. The number of fused-ring (bicyclic) bond motifs is 1. The summed E-state index contributed by atoms with van der Waals surface area (Å²) in [5.74, 6) is 0. The van der Waals surface area contributed by atoms with Crippen LogP contribution in [-0.4, -0.2) is 52.7 Å². The monoisotopic (exact) mass is 398 g/mol. The first-order chi connectivity index (χ1) is 11.1. The zero-order valence-corrected chi connectivity index (χ0v) is 15.1. The van der Waals surface area contributed by atoms with Crippen molar-refractivity contribution in [3.63, 3.8) is 0 Å². The first kappa shape index (κ1) is 16.9. The predicted octanol–water partition coefficient (Wildman–Crippen LogP) is 2.21. The van der Waals surface area contributed by atoms with Crippen LogP contribution in [0.25, 0.3) is 10.8 Å². The van der Waals surface area contributed by atoms with Crippen molar-refractivity contribution in [2.45, 2.75) is 4.90 Å². The minimum Gasteiger partial charge on any atom is -0.379 e. The molecule has 1 fully saturated rings. The van der Waals surface area contributed by atoms with Gasteiger partial charge in [0.25, 0.3) is 0 Å². The Labute approximate surface area is 144 Å². The fraction of sp³-hybridized carbons (Fsp3) is 0.375. The van der Waals surface area contributed by atoms with E-state index in [4.69, 9.17) is 4.74 Å². The number of hydrogen-bond acceptors (Lipinski definition) is 4. The van der Waals surface area contributed by atoms with E-state index in [0.29, 0.717) is 31.2 Å². The summed E-state index contributed by atoms with van der Waals surface area (Å²) in [6, 6.07) is 10.9. The quantitative estimate of drug-likeness (QED) is 0.838. The number of rotatable bonds is 5. The lowest BCUT2D eigenvalue weighted by molar-refractivity contribution is 0.0390. The van der Waals surface area contributed by atoms with Gasteiger partial charge in [0.05, 0.1) is 18.1 Å². The third kappa shape index (κ3) is 3.92. The Bertz CT molecular complexity index is 789. The molecule has 0 spiro atoms. The average Bonchev–Trinajstić information content (AvgIpc) is 2.56. The molecule has 124 valence electrons. The standard InChI is InChI=1S/C16H19BrN2O3S/c17-15-5-6-16(14-4-2-1-3-13(14)15)23(20,21)18-7-8-19-9-11-22-12-10-19/h1-6,18H,7-12H2. The van der Waals surface area contributed by atoms with E-state index in [2.05, 4.69) is 25.6 Å². The second-order valence-corrected chi connectivity index (χ2v) is 8.03. The Morgan fingerprint density at radius 3 is 2.52 bits per heavy atom. The van der Waals surface area contributed by atoms with Gasteiger partial charge in [-0.25, -0.2) is 13.1 Å². The molecule has 1 N–H and O–H groups in total. The SMILES string of the molecule is O=S(=O)(NCCN1CCOCC1)c1ccc(Br)c2ccccc12. The fourth-order valence-corrected chi connectivity index (χ4v) is 4.42. The molecule has 1 heterocycles. The summed E-state index contributed by atoms with van der Waals surface area (Å²) in [6.07, 6.45) is 0. The van der Waals surface area contributed by atoms with Gasteiger partial charge in [-0.3, -0.25) is 4.90 Å². The summed E-state index contributed by atoms with van der Waals surface area (Å²) in [6.45, 7) is 4.21. The van der Waals surface area contributed by atoms with E-state index in [1.54, 1.807) is 12.1 Å². The Balaban J connectivity index is 1.76.